The normalized spacial score (nSPS) is 12.7. The van der Waals surface area contributed by atoms with Crippen molar-refractivity contribution in [1.82, 2.24) is 10.1 Å². The van der Waals surface area contributed by atoms with Crippen LogP contribution in [0.4, 0.5) is 8.78 Å². The SMILES string of the molecule is CC(O)Cc1nc(Cc2cc(F)cc(F)c2)no1. The van der Waals surface area contributed by atoms with Gasteiger partial charge in [-0.05, 0) is 24.6 Å². The molecular formula is C12H12F2N2O2. The first-order valence-electron chi connectivity index (χ1n) is 5.47. The van der Waals surface area contributed by atoms with E-state index in [1.807, 2.05) is 0 Å². The highest BCUT2D eigenvalue weighted by Crippen LogP contribution is 2.12. The van der Waals surface area contributed by atoms with Gasteiger partial charge in [0.05, 0.1) is 12.5 Å². The maximum Gasteiger partial charge on any atom is 0.229 e. The van der Waals surface area contributed by atoms with Gasteiger partial charge in [0.2, 0.25) is 5.89 Å². The average molecular weight is 254 g/mol. The Morgan fingerprint density at radius 3 is 2.56 bits per heavy atom. The minimum Gasteiger partial charge on any atom is -0.393 e. The quantitative estimate of drug-likeness (QED) is 0.904. The zero-order valence-corrected chi connectivity index (χ0v) is 9.73. The fraction of sp³-hybridized carbons (Fsp3) is 0.333. The molecule has 96 valence electrons. The molecule has 1 heterocycles. The van der Waals surface area contributed by atoms with Crippen LogP contribution in [0.3, 0.4) is 0 Å². The Morgan fingerprint density at radius 1 is 1.28 bits per heavy atom. The molecule has 1 aromatic carbocycles. The molecule has 1 unspecified atom stereocenters. The summed E-state index contributed by atoms with van der Waals surface area (Å²) in [4.78, 5) is 4.02. The molecule has 2 rings (SSSR count). The van der Waals surface area contributed by atoms with Gasteiger partial charge in [-0.1, -0.05) is 5.16 Å². The lowest BCUT2D eigenvalue weighted by Gasteiger charge is -1.98. The molecule has 0 radical (unpaired) electrons. The van der Waals surface area contributed by atoms with E-state index < -0.39 is 17.7 Å². The highest BCUT2D eigenvalue weighted by atomic mass is 19.1. The Balaban J connectivity index is 2.11. The van der Waals surface area contributed by atoms with Gasteiger partial charge in [0.15, 0.2) is 5.82 Å². The molecule has 18 heavy (non-hydrogen) atoms. The standard InChI is InChI=1S/C12H12F2N2O2/c1-7(17)2-12-15-11(16-18-12)5-8-3-9(13)6-10(14)4-8/h3-4,6-7,17H,2,5H2,1H3. The molecule has 0 bridgehead atoms. The van der Waals surface area contributed by atoms with Crippen molar-refractivity contribution in [1.29, 1.82) is 0 Å². The number of aliphatic hydroxyl groups excluding tert-OH is 1. The third-order valence-electron chi connectivity index (χ3n) is 2.26. The molecule has 1 N–H and O–H groups in total. The molecule has 0 aliphatic carbocycles. The van der Waals surface area contributed by atoms with Gasteiger partial charge in [0, 0.05) is 12.5 Å². The van der Waals surface area contributed by atoms with Crippen LogP contribution < -0.4 is 0 Å². The molecular weight excluding hydrogens is 242 g/mol. The molecule has 0 fully saturated rings. The Bertz CT molecular complexity index is 520. The van der Waals surface area contributed by atoms with E-state index in [0.717, 1.165) is 6.07 Å². The predicted molar refractivity (Wildman–Crippen MR) is 58.8 cm³/mol. The minimum absolute atomic E-state index is 0.179. The molecule has 0 saturated heterocycles. The lowest BCUT2D eigenvalue weighted by molar-refractivity contribution is 0.181. The largest absolute Gasteiger partial charge is 0.393 e. The highest BCUT2D eigenvalue weighted by Gasteiger charge is 2.10. The number of aromatic nitrogens is 2. The van der Waals surface area contributed by atoms with E-state index in [1.54, 1.807) is 6.92 Å². The fourth-order valence-corrected chi connectivity index (χ4v) is 1.59. The van der Waals surface area contributed by atoms with E-state index >= 15 is 0 Å². The van der Waals surface area contributed by atoms with Crippen LogP contribution in [0.2, 0.25) is 0 Å². The van der Waals surface area contributed by atoms with Crippen LogP contribution >= 0.6 is 0 Å². The Labute approximate surface area is 102 Å². The van der Waals surface area contributed by atoms with Crippen LogP contribution in [-0.2, 0) is 12.8 Å². The van der Waals surface area contributed by atoms with Gasteiger partial charge in [-0.3, -0.25) is 0 Å². The molecule has 0 aliphatic rings. The van der Waals surface area contributed by atoms with Crippen LogP contribution in [0, 0.1) is 11.6 Å². The number of benzene rings is 1. The van der Waals surface area contributed by atoms with Crippen molar-refractivity contribution in [3.05, 3.63) is 47.1 Å². The fourth-order valence-electron chi connectivity index (χ4n) is 1.59. The van der Waals surface area contributed by atoms with Crippen molar-refractivity contribution in [2.24, 2.45) is 0 Å². The maximum atomic E-state index is 13.0. The van der Waals surface area contributed by atoms with Gasteiger partial charge >= 0.3 is 0 Å². The number of hydrogen-bond acceptors (Lipinski definition) is 4. The Morgan fingerprint density at radius 2 is 1.94 bits per heavy atom. The molecule has 4 nitrogen and oxygen atoms in total. The second-order valence-electron chi connectivity index (χ2n) is 4.11. The minimum atomic E-state index is -0.641. The summed E-state index contributed by atoms with van der Waals surface area (Å²) in [5, 5.41) is 12.8. The number of rotatable bonds is 4. The summed E-state index contributed by atoms with van der Waals surface area (Å²) in [6.07, 6.45) is -0.146. The zero-order valence-electron chi connectivity index (χ0n) is 9.73. The lowest BCUT2D eigenvalue weighted by Crippen LogP contribution is -2.04. The van der Waals surface area contributed by atoms with Gasteiger partial charge in [-0.25, -0.2) is 8.78 Å². The third-order valence-corrected chi connectivity index (χ3v) is 2.26. The average Bonchev–Trinajstić information content (AvgIpc) is 2.62. The van der Waals surface area contributed by atoms with E-state index in [9.17, 15) is 8.78 Å². The first kappa shape index (κ1) is 12.6. The summed E-state index contributed by atoms with van der Waals surface area (Å²) in [6, 6.07) is 3.24. The summed E-state index contributed by atoms with van der Waals surface area (Å²) >= 11 is 0. The van der Waals surface area contributed by atoms with E-state index in [0.29, 0.717) is 17.3 Å². The van der Waals surface area contributed by atoms with Crippen LogP contribution in [0.15, 0.2) is 22.7 Å². The van der Waals surface area contributed by atoms with Crippen molar-refractivity contribution in [2.45, 2.75) is 25.9 Å². The summed E-state index contributed by atoms with van der Waals surface area (Å²) < 4.78 is 30.8. The van der Waals surface area contributed by atoms with Gasteiger partial charge < -0.3 is 9.63 Å². The molecule has 0 aliphatic heterocycles. The highest BCUT2D eigenvalue weighted by molar-refractivity contribution is 5.21. The van der Waals surface area contributed by atoms with Crippen LogP contribution in [0.25, 0.3) is 0 Å². The summed E-state index contributed by atoms with van der Waals surface area (Å²) in [5.41, 5.74) is 0.428. The Hall–Kier alpha value is -1.82. The van der Waals surface area contributed by atoms with Crippen LogP contribution in [-0.4, -0.2) is 21.4 Å². The molecule has 1 atom stereocenters. The first-order chi connectivity index (χ1) is 8.52. The number of halogens is 2. The van der Waals surface area contributed by atoms with Crippen molar-refractivity contribution in [3.8, 4) is 0 Å². The topological polar surface area (TPSA) is 59.2 Å². The number of aliphatic hydroxyl groups is 1. The van der Waals surface area contributed by atoms with Crippen LogP contribution in [0.1, 0.15) is 24.2 Å². The van der Waals surface area contributed by atoms with E-state index in [-0.39, 0.29) is 12.8 Å². The molecule has 6 heteroatoms. The zero-order chi connectivity index (χ0) is 13.1. The first-order valence-corrected chi connectivity index (χ1v) is 5.47. The maximum absolute atomic E-state index is 13.0. The monoisotopic (exact) mass is 254 g/mol. The number of hydrogen-bond donors (Lipinski definition) is 1. The summed E-state index contributed by atoms with van der Waals surface area (Å²) in [7, 11) is 0. The molecule has 0 spiro atoms. The molecule has 0 amide bonds. The second-order valence-corrected chi connectivity index (χ2v) is 4.11. The molecule has 0 saturated carbocycles. The number of nitrogens with zero attached hydrogens (tertiary/aromatic N) is 2. The third kappa shape index (κ3) is 3.33. The lowest BCUT2D eigenvalue weighted by atomic mass is 10.1. The predicted octanol–water partition coefficient (Wildman–Crippen LogP) is 1.86. The Kier molecular flexibility index (Phi) is 3.66. The van der Waals surface area contributed by atoms with Gasteiger partial charge in [0.1, 0.15) is 11.6 Å². The van der Waals surface area contributed by atoms with E-state index in [2.05, 4.69) is 10.1 Å². The van der Waals surface area contributed by atoms with Crippen molar-refractivity contribution < 1.29 is 18.4 Å². The molecule has 1 aromatic heterocycles. The van der Waals surface area contributed by atoms with Crippen molar-refractivity contribution >= 4 is 0 Å². The second kappa shape index (κ2) is 5.22. The van der Waals surface area contributed by atoms with Gasteiger partial charge in [0.25, 0.3) is 0 Å². The van der Waals surface area contributed by atoms with Gasteiger partial charge in [-0.15, -0.1) is 0 Å². The smallest absolute Gasteiger partial charge is 0.229 e. The molecule has 2 aromatic rings. The van der Waals surface area contributed by atoms with Crippen LogP contribution in [0.5, 0.6) is 0 Å². The van der Waals surface area contributed by atoms with E-state index in [1.165, 1.54) is 12.1 Å². The summed E-state index contributed by atoms with van der Waals surface area (Å²) in [5.74, 6) is -0.650. The van der Waals surface area contributed by atoms with Crippen molar-refractivity contribution in [2.75, 3.05) is 0 Å². The van der Waals surface area contributed by atoms with Gasteiger partial charge in [-0.2, -0.15) is 4.98 Å². The summed E-state index contributed by atoms with van der Waals surface area (Å²) in [6.45, 7) is 1.60. The van der Waals surface area contributed by atoms with Crippen molar-refractivity contribution in [3.63, 3.8) is 0 Å². The van der Waals surface area contributed by atoms with E-state index in [4.69, 9.17) is 9.63 Å².